The molecule has 5 rings (SSSR count). The van der Waals surface area contributed by atoms with E-state index in [1.54, 1.807) is 27.7 Å². The maximum atomic E-state index is 14.2. The minimum Gasteiger partial charge on any atom is -0.298 e. The number of halogens is 8. The van der Waals surface area contributed by atoms with Crippen LogP contribution < -0.4 is 0 Å². The van der Waals surface area contributed by atoms with E-state index in [9.17, 15) is 9.59 Å². The molecule has 0 aliphatic heterocycles. The summed E-state index contributed by atoms with van der Waals surface area (Å²) >= 11 is 58.6. The molecule has 5 aliphatic rings. The maximum absolute atomic E-state index is 14.2. The Morgan fingerprint density at radius 1 is 0.417 bits per heavy atom. The molecule has 0 saturated heterocycles. The van der Waals surface area contributed by atoms with Crippen LogP contribution in [0, 0.1) is 45.3 Å². The van der Waals surface area contributed by atoms with E-state index >= 15 is 0 Å². The molecular formula is C26H28Cl8O2. The van der Waals surface area contributed by atoms with E-state index in [0.29, 0.717) is 0 Å². The average molecular weight is 656 g/mol. The molecule has 0 aromatic rings. The molecule has 0 aromatic heterocycles. The van der Waals surface area contributed by atoms with Crippen LogP contribution in [0.3, 0.4) is 0 Å². The van der Waals surface area contributed by atoms with Crippen LogP contribution in [0.15, 0.2) is 22.3 Å². The zero-order chi connectivity index (χ0) is 27.8. The summed E-state index contributed by atoms with van der Waals surface area (Å²) in [6.07, 6.45) is 0. The molecule has 0 spiro atoms. The van der Waals surface area contributed by atoms with Crippen molar-refractivity contribution in [1.82, 2.24) is 0 Å². The first-order valence-electron chi connectivity index (χ1n) is 11.9. The summed E-state index contributed by atoms with van der Waals surface area (Å²) in [5.74, 6) is -4.05. The summed E-state index contributed by atoms with van der Waals surface area (Å²) in [5, 5.41) is 0. The highest BCUT2D eigenvalue weighted by Crippen LogP contribution is 2.84. The average Bonchev–Trinajstić information content (AvgIpc) is 3.19. The first kappa shape index (κ1) is 28.7. The van der Waals surface area contributed by atoms with Crippen LogP contribution in [-0.4, -0.2) is 28.9 Å². The second kappa shape index (κ2) is 7.13. The van der Waals surface area contributed by atoms with Crippen LogP contribution in [0.2, 0.25) is 0 Å². The molecule has 0 N–H and O–H groups in total. The van der Waals surface area contributed by atoms with Gasteiger partial charge in [0.1, 0.15) is 0 Å². The van der Waals surface area contributed by atoms with E-state index in [1.807, 2.05) is 27.7 Å². The van der Waals surface area contributed by atoms with Crippen molar-refractivity contribution in [2.75, 3.05) is 0 Å². The molecule has 2 nitrogen and oxygen atoms in total. The Balaban J connectivity index is 1.94. The number of carbonyl (C=O) groups is 2. The van der Waals surface area contributed by atoms with Crippen LogP contribution in [-0.2, 0) is 9.59 Å². The molecule has 36 heavy (non-hydrogen) atoms. The molecular weight excluding hydrogens is 628 g/mol. The molecule has 5 aliphatic carbocycles. The van der Waals surface area contributed by atoms with Crippen LogP contribution >= 0.6 is 92.8 Å². The third kappa shape index (κ3) is 2.38. The monoisotopic (exact) mass is 652 g/mol. The van der Waals surface area contributed by atoms with E-state index in [-0.39, 0.29) is 11.6 Å². The molecule has 0 unspecified atom stereocenters. The SMILES string of the molecule is CC1=C(C)[C@@]2(C)C(=O)[C@@]1(C)[C@@H]1[C@H]2C(Cl)(Cl)C(Cl)(Cl)[C@@H]2[C@@H](C(Cl)(Cl)C1(Cl)Cl)[C@@]1(C)C(=O)[C@@]2(C)C(C)=C1C. The van der Waals surface area contributed by atoms with Gasteiger partial charge in [0.05, 0.1) is 21.7 Å². The second-order valence-corrected chi connectivity index (χ2v) is 17.9. The fraction of sp³-hybridized carbons (Fsp3) is 0.769. The maximum Gasteiger partial charge on any atom is 0.155 e. The van der Waals surface area contributed by atoms with Gasteiger partial charge in [-0.2, -0.15) is 0 Å². The number of hydrogen-bond donors (Lipinski definition) is 0. The van der Waals surface area contributed by atoms with Gasteiger partial charge < -0.3 is 0 Å². The van der Waals surface area contributed by atoms with Gasteiger partial charge in [0.2, 0.25) is 0 Å². The molecule has 8 atom stereocenters. The van der Waals surface area contributed by atoms with Gasteiger partial charge >= 0.3 is 0 Å². The van der Waals surface area contributed by atoms with Gasteiger partial charge in [-0.25, -0.2) is 0 Å². The van der Waals surface area contributed by atoms with Crippen molar-refractivity contribution >= 4 is 104 Å². The minimum absolute atomic E-state index is 0.126. The lowest BCUT2D eigenvalue weighted by molar-refractivity contribution is -0.130. The number of carbonyl (C=O) groups excluding carboxylic acids is 2. The third-order valence-corrected chi connectivity index (χ3v) is 16.8. The predicted molar refractivity (Wildman–Crippen MR) is 151 cm³/mol. The Labute approximate surface area is 252 Å². The van der Waals surface area contributed by atoms with Gasteiger partial charge in [-0.1, -0.05) is 115 Å². The van der Waals surface area contributed by atoms with Gasteiger partial charge in [0.15, 0.2) is 28.9 Å². The second-order valence-electron chi connectivity index (χ2n) is 12.4. The van der Waals surface area contributed by atoms with Gasteiger partial charge in [-0.05, 0) is 55.4 Å². The summed E-state index contributed by atoms with van der Waals surface area (Å²) in [4.78, 5) is 28.4. The van der Waals surface area contributed by atoms with Crippen LogP contribution in [0.25, 0.3) is 0 Å². The lowest BCUT2D eigenvalue weighted by Crippen LogP contribution is -2.69. The fourth-order valence-corrected chi connectivity index (χ4v) is 13.0. The Morgan fingerprint density at radius 3 is 0.694 bits per heavy atom. The largest absolute Gasteiger partial charge is 0.298 e. The van der Waals surface area contributed by atoms with E-state index < -0.39 is 62.7 Å². The number of ketones is 2. The standard InChI is InChI=1S/C26H28Cl8O2/c1-9-10(2)20(6)14-13(19(9,5)17(20)35)23(27,28)25(31,32)15-16(26(33,34)24(14,29)30)22(8)12(4)11(3)21(15,7)18(22)36/h13-16H,1-8H3/t13-,14-,15-,16+,19+,20+,21-,22-/m1/s1. The summed E-state index contributed by atoms with van der Waals surface area (Å²) < 4.78 is -7.87. The van der Waals surface area contributed by atoms with Crippen LogP contribution in [0.4, 0.5) is 0 Å². The van der Waals surface area contributed by atoms with E-state index in [2.05, 4.69) is 0 Å². The minimum atomic E-state index is -1.97. The van der Waals surface area contributed by atoms with Crippen molar-refractivity contribution < 1.29 is 9.59 Å². The van der Waals surface area contributed by atoms with Crippen LogP contribution in [0.5, 0.6) is 0 Å². The smallest absolute Gasteiger partial charge is 0.155 e. The number of fused-ring (bicyclic) bond motifs is 10. The van der Waals surface area contributed by atoms with Crippen molar-refractivity contribution in [3.8, 4) is 0 Å². The highest BCUT2D eigenvalue weighted by Gasteiger charge is 2.88. The number of hydrogen-bond acceptors (Lipinski definition) is 2. The van der Waals surface area contributed by atoms with Gasteiger partial charge in [-0.15, -0.1) is 0 Å². The molecule has 0 radical (unpaired) electrons. The summed E-state index contributed by atoms with van der Waals surface area (Å²) in [7, 11) is 0. The van der Waals surface area contributed by atoms with Gasteiger partial charge in [0.25, 0.3) is 0 Å². The molecule has 0 heterocycles. The first-order chi connectivity index (χ1) is 15.9. The predicted octanol–water partition coefficient (Wildman–Crippen LogP) is 9.05. The lowest BCUT2D eigenvalue weighted by atomic mass is 9.54. The number of rotatable bonds is 0. The molecule has 3 saturated carbocycles. The van der Waals surface area contributed by atoms with Crippen molar-refractivity contribution in [3.63, 3.8) is 0 Å². The highest BCUT2D eigenvalue weighted by atomic mass is 35.5. The highest BCUT2D eigenvalue weighted by molar-refractivity contribution is 6.65. The zero-order valence-corrected chi connectivity index (χ0v) is 27.2. The number of alkyl halides is 8. The van der Waals surface area contributed by atoms with E-state index in [1.165, 1.54) is 0 Å². The quantitative estimate of drug-likeness (QED) is 0.193. The molecule has 0 amide bonds. The van der Waals surface area contributed by atoms with Crippen molar-refractivity contribution in [2.45, 2.75) is 72.7 Å². The van der Waals surface area contributed by atoms with Crippen molar-refractivity contribution in [2.24, 2.45) is 45.3 Å². The Bertz CT molecular complexity index is 1050. The van der Waals surface area contributed by atoms with Gasteiger partial charge in [0, 0.05) is 23.7 Å². The summed E-state index contributed by atoms with van der Waals surface area (Å²) in [6, 6.07) is 0. The Morgan fingerprint density at radius 2 is 0.556 bits per heavy atom. The first-order valence-corrected chi connectivity index (χ1v) is 14.9. The third-order valence-electron chi connectivity index (χ3n) is 11.7. The lowest BCUT2D eigenvalue weighted by Gasteiger charge is -2.62. The Hall–Kier alpha value is 1.14. The van der Waals surface area contributed by atoms with E-state index in [0.717, 1.165) is 22.3 Å². The van der Waals surface area contributed by atoms with Gasteiger partial charge in [-0.3, -0.25) is 9.59 Å². The summed E-state index contributed by atoms with van der Waals surface area (Å²) in [5.41, 5.74) is -1.45. The summed E-state index contributed by atoms with van der Waals surface area (Å²) in [6.45, 7) is 14.6. The number of allylic oxidation sites excluding steroid dienone is 4. The number of Topliss-reactive ketones (excluding diaryl/α,β-unsaturated/α-hetero) is 2. The topological polar surface area (TPSA) is 34.1 Å². The molecule has 3 fully saturated rings. The molecule has 10 heteroatoms. The molecule has 200 valence electrons. The van der Waals surface area contributed by atoms with Crippen molar-refractivity contribution in [3.05, 3.63) is 22.3 Å². The Kier molecular flexibility index (Phi) is 5.67. The zero-order valence-electron chi connectivity index (χ0n) is 21.1. The van der Waals surface area contributed by atoms with Crippen molar-refractivity contribution in [1.29, 1.82) is 0 Å². The van der Waals surface area contributed by atoms with Crippen LogP contribution in [0.1, 0.15) is 55.4 Å². The molecule has 4 bridgehead atoms. The normalized spacial score (nSPS) is 51.4. The fourth-order valence-electron chi connectivity index (χ4n) is 9.27. The molecule has 0 aromatic carbocycles. The van der Waals surface area contributed by atoms with E-state index in [4.69, 9.17) is 92.8 Å².